The van der Waals surface area contributed by atoms with Gasteiger partial charge in [0.05, 0.1) is 0 Å². The first-order valence-electron chi connectivity index (χ1n) is 7.67. The summed E-state index contributed by atoms with van der Waals surface area (Å²) in [5.41, 5.74) is 0. The molecule has 1 rings (SSSR count). The molecule has 0 aromatic heterocycles. The first-order chi connectivity index (χ1) is 15.6. The lowest BCUT2D eigenvalue weighted by molar-refractivity contribution is -0.187. The van der Waals surface area contributed by atoms with E-state index < -0.39 is 91.7 Å². The molecule has 2 unspecified atom stereocenters. The molecule has 216 valence electrons. The standard InChI is InChI=1S/C6H14O22P2S6/c7-29(8,31)23-1-3(25-33(11,12)13)2(24-30(9,10)32)5(27-35(17,18)19)6(28-36(20,21)22)4(1)26-34(14,15)16/h1-6H,(H2,7,8,31)(H2,9,10,32)(H,11,12,13)(H,14,15,16)(H,17,18,19)(H,20,21,22)/t1-,2+,3?,4+,5-,6?. The molecular weight excluding hydrogens is 678 g/mol. The van der Waals surface area contributed by atoms with Gasteiger partial charge in [-0.15, -0.1) is 0 Å². The Morgan fingerprint density at radius 2 is 0.611 bits per heavy atom. The van der Waals surface area contributed by atoms with Crippen molar-refractivity contribution >= 4 is 78.6 Å². The third kappa shape index (κ3) is 13.1. The summed E-state index contributed by atoms with van der Waals surface area (Å²) >= 11 is 8.21. The van der Waals surface area contributed by atoms with Crippen LogP contribution in [-0.2, 0) is 91.0 Å². The summed E-state index contributed by atoms with van der Waals surface area (Å²) in [5, 5.41) is 0. The van der Waals surface area contributed by atoms with Gasteiger partial charge in [-0.2, -0.15) is 33.7 Å². The Labute approximate surface area is 212 Å². The van der Waals surface area contributed by atoms with Crippen molar-refractivity contribution in [3.8, 4) is 0 Å². The van der Waals surface area contributed by atoms with Gasteiger partial charge in [0.2, 0.25) is 0 Å². The van der Waals surface area contributed by atoms with Crippen LogP contribution in [0.1, 0.15) is 0 Å². The Bertz CT molecular complexity index is 1250. The van der Waals surface area contributed by atoms with Crippen LogP contribution in [0.5, 0.6) is 0 Å². The third-order valence-electron chi connectivity index (χ3n) is 3.39. The van der Waals surface area contributed by atoms with Crippen LogP contribution < -0.4 is 0 Å². The highest BCUT2D eigenvalue weighted by Crippen LogP contribution is 2.49. The fourth-order valence-electron chi connectivity index (χ4n) is 2.68. The van der Waals surface area contributed by atoms with Crippen molar-refractivity contribution < 1.29 is 97.2 Å². The summed E-state index contributed by atoms with van der Waals surface area (Å²) in [5.74, 6) is 0. The van der Waals surface area contributed by atoms with Gasteiger partial charge in [-0.3, -0.25) is 27.3 Å². The highest BCUT2D eigenvalue weighted by Gasteiger charge is 2.61. The van der Waals surface area contributed by atoms with Gasteiger partial charge < -0.3 is 19.6 Å². The minimum atomic E-state index is -5.90. The van der Waals surface area contributed by atoms with E-state index in [1.807, 2.05) is 0 Å². The normalized spacial score (nSPS) is 29.2. The Balaban J connectivity index is 4.11. The summed E-state index contributed by atoms with van der Waals surface area (Å²) in [4.78, 5) is 38.0. The quantitative estimate of drug-likeness (QED) is 0.0712. The van der Waals surface area contributed by atoms with Crippen LogP contribution in [0.25, 0.3) is 0 Å². The highest BCUT2D eigenvalue weighted by atomic mass is 32.5. The lowest BCUT2D eigenvalue weighted by Crippen LogP contribution is -2.68. The maximum Gasteiger partial charge on any atom is 0.397 e. The van der Waals surface area contributed by atoms with Crippen LogP contribution in [0.3, 0.4) is 0 Å². The number of hydrogen-bond donors (Lipinski definition) is 8. The molecule has 30 heteroatoms. The zero-order valence-corrected chi connectivity index (χ0v) is 22.8. The molecule has 36 heavy (non-hydrogen) atoms. The molecule has 1 saturated carbocycles. The lowest BCUT2D eigenvalue weighted by Gasteiger charge is -2.46. The molecule has 1 aliphatic carbocycles. The third-order valence-corrected chi connectivity index (χ3v) is 6.81. The number of hydrogen-bond acceptors (Lipinski definition) is 16. The molecule has 6 atom stereocenters. The SMILES string of the molecule is O=S(=O)(O)OC1[C@@H](OP(O)(O)=S)[C@H](OS(=O)(=O)O)C(OS(=O)(=O)O)[C@H](OS(=O)(=O)O)[C@H]1OP(O)(O)=S. The monoisotopic (exact) mass is 692 g/mol. The lowest BCUT2D eigenvalue weighted by atomic mass is 9.85. The molecule has 0 aromatic rings. The second-order valence-corrected chi connectivity index (χ2v) is 15.5. The second kappa shape index (κ2) is 11.6. The molecular formula is C6H14O22P2S6. The van der Waals surface area contributed by atoms with Gasteiger partial charge in [0, 0.05) is 0 Å². The maximum absolute atomic E-state index is 11.4. The average Bonchev–Trinajstić information content (AvgIpc) is 2.51. The van der Waals surface area contributed by atoms with E-state index in [0.29, 0.717) is 0 Å². The van der Waals surface area contributed by atoms with E-state index in [-0.39, 0.29) is 0 Å². The fraction of sp³-hybridized carbons (Fsp3) is 1.00. The van der Waals surface area contributed by atoms with Gasteiger partial charge in [-0.05, 0) is 23.6 Å². The molecule has 0 spiro atoms. The molecule has 1 fully saturated rings. The van der Waals surface area contributed by atoms with E-state index in [4.69, 9.17) is 18.2 Å². The molecule has 22 nitrogen and oxygen atoms in total. The molecule has 0 saturated heterocycles. The molecule has 0 aromatic carbocycles. The van der Waals surface area contributed by atoms with E-state index in [9.17, 15) is 53.2 Å². The molecule has 0 heterocycles. The molecule has 8 N–H and O–H groups in total. The highest BCUT2D eigenvalue weighted by molar-refractivity contribution is 8.07. The molecule has 1 aliphatic rings. The summed E-state index contributed by atoms with van der Waals surface area (Å²) < 4.78 is 152. The minimum absolute atomic E-state index is 2.99. The van der Waals surface area contributed by atoms with Crippen molar-refractivity contribution in [2.24, 2.45) is 0 Å². The zero-order chi connectivity index (χ0) is 28.7. The predicted molar refractivity (Wildman–Crippen MR) is 113 cm³/mol. The van der Waals surface area contributed by atoms with Crippen molar-refractivity contribution in [3.05, 3.63) is 0 Å². The van der Waals surface area contributed by atoms with Crippen LogP contribution in [0, 0.1) is 0 Å². The molecule has 0 aliphatic heterocycles. The Hall–Kier alpha value is 0.540. The van der Waals surface area contributed by atoms with Crippen molar-refractivity contribution in [1.82, 2.24) is 0 Å². The van der Waals surface area contributed by atoms with Crippen molar-refractivity contribution in [3.63, 3.8) is 0 Å². The average molecular weight is 693 g/mol. The van der Waals surface area contributed by atoms with E-state index in [1.165, 1.54) is 0 Å². The summed E-state index contributed by atoms with van der Waals surface area (Å²) in [6, 6.07) is 0. The van der Waals surface area contributed by atoms with E-state index in [0.717, 1.165) is 0 Å². The van der Waals surface area contributed by atoms with Gasteiger partial charge >= 0.3 is 55.0 Å². The minimum Gasteiger partial charge on any atom is -0.325 e. The largest absolute Gasteiger partial charge is 0.397 e. The molecule has 0 radical (unpaired) electrons. The first kappa shape index (κ1) is 34.6. The van der Waals surface area contributed by atoms with Crippen LogP contribution >= 0.6 is 13.4 Å². The van der Waals surface area contributed by atoms with E-state index >= 15 is 0 Å². The van der Waals surface area contributed by atoms with Crippen molar-refractivity contribution in [2.75, 3.05) is 0 Å². The predicted octanol–water partition coefficient (Wildman–Crippen LogP) is -4.06. The van der Waals surface area contributed by atoms with Crippen LogP contribution in [-0.4, -0.2) is 108 Å². The topological polar surface area (TPSA) is 354 Å². The smallest absolute Gasteiger partial charge is 0.325 e. The first-order valence-corrected chi connectivity index (χ1v) is 18.4. The molecule has 0 amide bonds. The van der Waals surface area contributed by atoms with Crippen molar-refractivity contribution in [1.29, 1.82) is 0 Å². The van der Waals surface area contributed by atoms with Crippen molar-refractivity contribution in [2.45, 2.75) is 36.6 Å². The van der Waals surface area contributed by atoms with Gasteiger partial charge in [-0.25, -0.2) is 16.7 Å². The Morgan fingerprint density at radius 3 is 0.778 bits per heavy atom. The second-order valence-electron chi connectivity index (χ2n) is 6.08. The van der Waals surface area contributed by atoms with Crippen LogP contribution in [0.4, 0.5) is 0 Å². The number of rotatable bonds is 12. The Morgan fingerprint density at radius 1 is 0.444 bits per heavy atom. The van der Waals surface area contributed by atoms with E-state index in [2.05, 4.69) is 49.4 Å². The zero-order valence-electron chi connectivity index (χ0n) is 16.1. The summed E-state index contributed by atoms with van der Waals surface area (Å²) in [6.07, 6.45) is -18.4. The fourth-order valence-corrected chi connectivity index (χ4v) is 6.39. The van der Waals surface area contributed by atoms with Crippen LogP contribution in [0.2, 0.25) is 0 Å². The van der Waals surface area contributed by atoms with E-state index in [1.54, 1.807) is 0 Å². The van der Waals surface area contributed by atoms with Gasteiger partial charge in [0.25, 0.3) is 0 Å². The van der Waals surface area contributed by atoms with Crippen LogP contribution in [0.15, 0.2) is 0 Å². The van der Waals surface area contributed by atoms with Gasteiger partial charge in [-0.1, -0.05) is 0 Å². The maximum atomic E-state index is 11.4. The summed E-state index contributed by atoms with van der Waals surface area (Å²) in [7, 11) is -23.6. The molecule has 0 bridgehead atoms. The summed E-state index contributed by atoms with van der Waals surface area (Å²) in [6.45, 7) is -10.4. The Kier molecular flexibility index (Phi) is 11.1. The van der Waals surface area contributed by atoms with Gasteiger partial charge in [0.15, 0.2) is 0 Å². The van der Waals surface area contributed by atoms with Gasteiger partial charge in [0.1, 0.15) is 36.6 Å².